The number of amides is 3. The maximum absolute atomic E-state index is 12.8. The summed E-state index contributed by atoms with van der Waals surface area (Å²) in [5, 5.41) is 5.57. The molecule has 0 aliphatic heterocycles. The number of methoxy groups -OCH3 is 2. The van der Waals surface area contributed by atoms with Gasteiger partial charge in [0.1, 0.15) is 17.8 Å². The summed E-state index contributed by atoms with van der Waals surface area (Å²) in [5.74, 6) is 1.07. The molecule has 0 fully saturated rings. The Kier molecular flexibility index (Phi) is 7.46. The van der Waals surface area contributed by atoms with E-state index in [4.69, 9.17) is 13.9 Å². The van der Waals surface area contributed by atoms with Crippen LogP contribution in [0.15, 0.2) is 28.9 Å². The summed E-state index contributed by atoms with van der Waals surface area (Å²) >= 11 is 0. The molecule has 158 valence electrons. The molecule has 1 aromatic heterocycles. The third-order valence-electron chi connectivity index (χ3n) is 4.00. The Morgan fingerprint density at radius 1 is 1.10 bits per heavy atom. The number of carbonyl (C=O) groups is 2. The lowest BCUT2D eigenvalue weighted by atomic mass is 10.2. The Hall–Kier alpha value is -3.23. The number of hydrogen-bond donors (Lipinski definition) is 2. The van der Waals surface area contributed by atoms with Gasteiger partial charge in [-0.2, -0.15) is 0 Å². The second kappa shape index (κ2) is 9.81. The van der Waals surface area contributed by atoms with Crippen molar-refractivity contribution in [3.05, 3.63) is 36.0 Å². The van der Waals surface area contributed by atoms with Gasteiger partial charge in [0.05, 0.1) is 20.8 Å². The van der Waals surface area contributed by atoms with Crippen molar-refractivity contribution in [1.82, 2.24) is 15.2 Å². The summed E-state index contributed by atoms with van der Waals surface area (Å²) in [7, 11) is 3.08. The van der Waals surface area contributed by atoms with E-state index >= 15 is 0 Å². The fraction of sp³-hybridized carbons (Fsp3) is 0.450. The standard InChI is InChI=1S/C20H28N4O5/c1-12(2)21-19(25)17-11-29-18(23-17)10-24(13(3)4)20(26)22-14-7-15(27-5)9-16(8-14)28-6/h7-9,11-13H,10H2,1-6H3,(H,21,25)(H,22,26). The van der Waals surface area contributed by atoms with Crippen molar-refractivity contribution in [2.45, 2.75) is 46.3 Å². The summed E-state index contributed by atoms with van der Waals surface area (Å²) in [5.41, 5.74) is 0.705. The van der Waals surface area contributed by atoms with Gasteiger partial charge in [0.15, 0.2) is 5.69 Å². The molecule has 0 unspecified atom stereocenters. The number of aromatic nitrogens is 1. The number of benzene rings is 1. The molecule has 2 aromatic rings. The maximum Gasteiger partial charge on any atom is 0.322 e. The number of carbonyl (C=O) groups excluding carboxylic acids is 2. The Morgan fingerprint density at radius 3 is 2.24 bits per heavy atom. The monoisotopic (exact) mass is 404 g/mol. The summed E-state index contributed by atoms with van der Waals surface area (Å²) in [6, 6.07) is 4.60. The van der Waals surface area contributed by atoms with Gasteiger partial charge in [-0.25, -0.2) is 9.78 Å². The molecule has 0 radical (unpaired) electrons. The topological polar surface area (TPSA) is 106 Å². The minimum Gasteiger partial charge on any atom is -0.497 e. The lowest BCUT2D eigenvalue weighted by Gasteiger charge is -2.25. The van der Waals surface area contributed by atoms with Crippen LogP contribution in [0.4, 0.5) is 10.5 Å². The molecule has 0 bridgehead atoms. The average molecular weight is 404 g/mol. The zero-order valence-corrected chi connectivity index (χ0v) is 17.6. The summed E-state index contributed by atoms with van der Waals surface area (Å²) in [6.45, 7) is 7.58. The lowest BCUT2D eigenvalue weighted by molar-refractivity contribution is 0.0938. The number of oxazole rings is 1. The molecular formula is C20H28N4O5. The fourth-order valence-corrected chi connectivity index (χ4v) is 2.53. The molecule has 0 atom stereocenters. The number of nitrogens with one attached hydrogen (secondary N) is 2. The molecule has 0 saturated heterocycles. The molecule has 0 aliphatic rings. The van der Waals surface area contributed by atoms with Crippen molar-refractivity contribution in [1.29, 1.82) is 0 Å². The van der Waals surface area contributed by atoms with E-state index in [0.717, 1.165) is 0 Å². The molecule has 1 heterocycles. The van der Waals surface area contributed by atoms with Crippen molar-refractivity contribution in [2.24, 2.45) is 0 Å². The van der Waals surface area contributed by atoms with E-state index in [0.29, 0.717) is 17.2 Å². The molecular weight excluding hydrogens is 376 g/mol. The number of nitrogens with zero attached hydrogens (tertiary/aromatic N) is 2. The minimum atomic E-state index is -0.346. The van der Waals surface area contributed by atoms with Gasteiger partial charge in [-0.1, -0.05) is 0 Å². The predicted octanol–water partition coefficient (Wildman–Crippen LogP) is 3.27. The summed E-state index contributed by atoms with van der Waals surface area (Å²) in [4.78, 5) is 30.6. The van der Waals surface area contributed by atoms with Gasteiger partial charge in [-0.15, -0.1) is 0 Å². The number of ether oxygens (including phenoxy) is 2. The Bertz CT molecular complexity index is 825. The smallest absolute Gasteiger partial charge is 0.322 e. The first kappa shape index (κ1) is 22.1. The highest BCUT2D eigenvalue weighted by molar-refractivity contribution is 5.92. The normalized spacial score (nSPS) is 10.8. The van der Waals surface area contributed by atoms with E-state index in [2.05, 4.69) is 15.6 Å². The Morgan fingerprint density at radius 2 is 1.72 bits per heavy atom. The first-order valence-electron chi connectivity index (χ1n) is 9.29. The Labute approximate surface area is 170 Å². The van der Waals surface area contributed by atoms with Crippen LogP contribution in [0.1, 0.15) is 44.1 Å². The van der Waals surface area contributed by atoms with Gasteiger partial charge in [0, 0.05) is 36.0 Å². The molecule has 29 heavy (non-hydrogen) atoms. The van der Waals surface area contributed by atoms with Crippen molar-refractivity contribution in [3.8, 4) is 11.5 Å². The molecule has 2 rings (SSSR count). The van der Waals surface area contributed by atoms with Crippen LogP contribution in [0.2, 0.25) is 0 Å². The molecule has 1 aromatic carbocycles. The van der Waals surface area contributed by atoms with Gasteiger partial charge in [-0.3, -0.25) is 4.79 Å². The van der Waals surface area contributed by atoms with E-state index in [1.807, 2.05) is 27.7 Å². The summed E-state index contributed by atoms with van der Waals surface area (Å²) in [6.07, 6.45) is 1.29. The van der Waals surface area contributed by atoms with Crippen LogP contribution in [0, 0.1) is 0 Å². The van der Waals surface area contributed by atoms with Crippen molar-refractivity contribution < 1.29 is 23.5 Å². The predicted molar refractivity (Wildman–Crippen MR) is 108 cm³/mol. The van der Waals surface area contributed by atoms with E-state index in [1.54, 1.807) is 23.1 Å². The molecule has 9 heteroatoms. The first-order chi connectivity index (χ1) is 13.7. The van der Waals surface area contributed by atoms with Crippen molar-refractivity contribution in [2.75, 3.05) is 19.5 Å². The van der Waals surface area contributed by atoms with Crippen molar-refractivity contribution >= 4 is 17.6 Å². The molecule has 0 saturated carbocycles. The molecule has 0 spiro atoms. The number of urea groups is 1. The van der Waals surface area contributed by atoms with E-state index in [-0.39, 0.29) is 42.2 Å². The van der Waals surface area contributed by atoms with Gasteiger partial charge >= 0.3 is 6.03 Å². The largest absolute Gasteiger partial charge is 0.497 e. The summed E-state index contributed by atoms with van der Waals surface area (Å²) < 4.78 is 15.8. The number of anilines is 1. The van der Waals surface area contributed by atoms with Crippen LogP contribution in [-0.2, 0) is 6.54 Å². The minimum absolute atomic E-state index is 0.0135. The van der Waals surface area contributed by atoms with Gasteiger partial charge in [-0.05, 0) is 27.7 Å². The molecule has 0 aliphatic carbocycles. The molecule has 9 nitrogen and oxygen atoms in total. The fourth-order valence-electron chi connectivity index (χ4n) is 2.53. The van der Waals surface area contributed by atoms with Crippen LogP contribution in [-0.4, -0.2) is 48.1 Å². The third-order valence-corrected chi connectivity index (χ3v) is 4.00. The van der Waals surface area contributed by atoms with E-state index in [1.165, 1.54) is 20.5 Å². The Balaban J connectivity index is 2.13. The third kappa shape index (κ3) is 6.13. The lowest BCUT2D eigenvalue weighted by Crippen LogP contribution is -2.39. The highest BCUT2D eigenvalue weighted by atomic mass is 16.5. The van der Waals surface area contributed by atoms with Crippen molar-refractivity contribution in [3.63, 3.8) is 0 Å². The van der Waals surface area contributed by atoms with Crippen LogP contribution in [0.5, 0.6) is 11.5 Å². The van der Waals surface area contributed by atoms with E-state index in [9.17, 15) is 9.59 Å². The van der Waals surface area contributed by atoms with Gasteiger partial charge < -0.3 is 29.4 Å². The van der Waals surface area contributed by atoms with Gasteiger partial charge in [0.25, 0.3) is 5.91 Å². The quantitative estimate of drug-likeness (QED) is 0.699. The maximum atomic E-state index is 12.8. The van der Waals surface area contributed by atoms with Crippen LogP contribution >= 0.6 is 0 Å². The van der Waals surface area contributed by atoms with E-state index < -0.39 is 0 Å². The SMILES string of the molecule is COc1cc(NC(=O)N(Cc2nc(C(=O)NC(C)C)co2)C(C)C)cc(OC)c1. The number of hydrogen-bond acceptors (Lipinski definition) is 6. The average Bonchev–Trinajstić information content (AvgIpc) is 3.13. The number of rotatable bonds is 8. The highest BCUT2D eigenvalue weighted by Crippen LogP contribution is 2.26. The zero-order valence-electron chi connectivity index (χ0n) is 17.6. The van der Waals surface area contributed by atoms with Crippen LogP contribution < -0.4 is 20.1 Å². The second-order valence-electron chi connectivity index (χ2n) is 7.01. The molecule has 2 N–H and O–H groups in total. The van der Waals surface area contributed by atoms with Crippen LogP contribution in [0.25, 0.3) is 0 Å². The second-order valence-corrected chi connectivity index (χ2v) is 7.01. The first-order valence-corrected chi connectivity index (χ1v) is 9.29. The zero-order chi connectivity index (χ0) is 21.6. The molecule has 3 amide bonds. The van der Waals surface area contributed by atoms with Crippen LogP contribution in [0.3, 0.4) is 0 Å². The highest BCUT2D eigenvalue weighted by Gasteiger charge is 2.22. The van der Waals surface area contributed by atoms with Gasteiger partial charge in [0.2, 0.25) is 5.89 Å².